The Kier molecular flexibility index (Phi) is 5.27. The highest BCUT2D eigenvalue weighted by molar-refractivity contribution is 9.10. The van der Waals surface area contributed by atoms with E-state index in [9.17, 15) is 0 Å². The summed E-state index contributed by atoms with van der Waals surface area (Å²) >= 11 is 9.18. The zero-order valence-electron chi connectivity index (χ0n) is 12.2. The highest BCUT2D eigenvalue weighted by Crippen LogP contribution is 2.42. The van der Waals surface area contributed by atoms with Crippen molar-refractivity contribution in [3.8, 4) is 0 Å². The molecule has 0 fully saturated rings. The quantitative estimate of drug-likeness (QED) is 0.468. The van der Waals surface area contributed by atoms with Crippen LogP contribution in [0.2, 0.25) is 0 Å². The van der Waals surface area contributed by atoms with Gasteiger partial charge in [0.25, 0.3) is 0 Å². The number of alkyl halides is 1. The fourth-order valence-corrected chi connectivity index (χ4v) is 4.31. The fraction of sp³-hybridized carbons (Fsp3) is 0.158. The molecule has 3 heteroatoms. The summed E-state index contributed by atoms with van der Waals surface area (Å²) < 4.78 is 1.12. The average Bonchev–Trinajstić information content (AvgIpc) is 2.52. The van der Waals surface area contributed by atoms with Gasteiger partial charge < -0.3 is 0 Å². The molecule has 0 spiro atoms. The number of halogens is 2. The van der Waals surface area contributed by atoms with E-state index >= 15 is 0 Å². The second-order valence-electron chi connectivity index (χ2n) is 5.27. The van der Waals surface area contributed by atoms with Crippen LogP contribution in [0, 0.1) is 6.92 Å². The monoisotopic (exact) mass is 434 g/mol. The van der Waals surface area contributed by atoms with Crippen LogP contribution in [0.5, 0.6) is 0 Å². The molecule has 2 aromatic rings. The lowest BCUT2D eigenvalue weighted by atomic mass is 9.96. The Balaban J connectivity index is 1.99. The smallest absolute Gasteiger partial charge is 0.0369 e. The van der Waals surface area contributed by atoms with Crippen LogP contribution in [0.15, 0.2) is 75.0 Å². The van der Waals surface area contributed by atoms with E-state index < -0.39 is 0 Å². The average molecular weight is 436 g/mol. The van der Waals surface area contributed by atoms with Gasteiger partial charge in [0, 0.05) is 19.1 Å². The summed E-state index contributed by atoms with van der Waals surface area (Å²) in [6, 6.07) is 17.0. The van der Waals surface area contributed by atoms with Gasteiger partial charge in [0.05, 0.1) is 0 Å². The standard InChI is InChI=1S/C19H16Br2S/c1-13-7-8-14(20)11-17(13)18-12-15(21)9-10-19(18)22-16-5-3-2-4-6-16/h2-8,10-12,15H,9H2,1H3. The molecule has 0 bridgehead atoms. The van der Waals surface area contributed by atoms with E-state index in [4.69, 9.17) is 0 Å². The van der Waals surface area contributed by atoms with Crippen molar-refractivity contribution in [2.24, 2.45) is 0 Å². The first-order valence-electron chi connectivity index (χ1n) is 7.19. The van der Waals surface area contributed by atoms with E-state index in [1.807, 2.05) is 11.8 Å². The molecule has 0 heterocycles. The molecule has 0 N–H and O–H groups in total. The van der Waals surface area contributed by atoms with Crippen LogP contribution < -0.4 is 0 Å². The maximum absolute atomic E-state index is 3.74. The van der Waals surface area contributed by atoms with Crippen LogP contribution >= 0.6 is 43.6 Å². The highest BCUT2D eigenvalue weighted by Gasteiger charge is 2.18. The Bertz CT molecular complexity index is 732. The van der Waals surface area contributed by atoms with Gasteiger partial charge in [-0.15, -0.1) is 0 Å². The third-order valence-electron chi connectivity index (χ3n) is 3.60. The van der Waals surface area contributed by atoms with Gasteiger partial charge in [-0.25, -0.2) is 0 Å². The Morgan fingerprint density at radius 1 is 1.09 bits per heavy atom. The molecule has 0 saturated carbocycles. The van der Waals surface area contributed by atoms with Crippen LogP contribution in [0.25, 0.3) is 5.57 Å². The molecule has 1 unspecified atom stereocenters. The van der Waals surface area contributed by atoms with Crippen molar-refractivity contribution in [1.82, 2.24) is 0 Å². The van der Waals surface area contributed by atoms with E-state index in [1.54, 1.807) is 0 Å². The Labute approximate surface area is 153 Å². The van der Waals surface area contributed by atoms with Crippen molar-refractivity contribution in [2.45, 2.75) is 23.1 Å². The predicted molar refractivity (Wildman–Crippen MR) is 105 cm³/mol. The second kappa shape index (κ2) is 7.20. The van der Waals surface area contributed by atoms with Crippen molar-refractivity contribution in [3.05, 3.63) is 81.2 Å². The Morgan fingerprint density at radius 3 is 2.64 bits per heavy atom. The lowest BCUT2D eigenvalue weighted by Gasteiger charge is -2.20. The zero-order valence-corrected chi connectivity index (χ0v) is 16.2. The first kappa shape index (κ1) is 16.1. The van der Waals surface area contributed by atoms with Crippen molar-refractivity contribution in [3.63, 3.8) is 0 Å². The third-order valence-corrected chi connectivity index (χ3v) is 5.85. The topological polar surface area (TPSA) is 0 Å². The summed E-state index contributed by atoms with van der Waals surface area (Å²) in [6.45, 7) is 2.17. The molecule has 112 valence electrons. The SMILES string of the molecule is Cc1ccc(Br)cc1C1=CC(Br)CC=C1Sc1ccccc1. The number of hydrogen-bond donors (Lipinski definition) is 0. The minimum absolute atomic E-state index is 0.404. The van der Waals surface area contributed by atoms with Crippen LogP contribution in [0.4, 0.5) is 0 Å². The third kappa shape index (κ3) is 3.76. The molecular weight excluding hydrogens is 420 g/mol. The molecule has 0 amide bonds. The van der Waals surface area contributed by atoms with Crippen molar-refractivity contribution in [1.29, 1.82) is 0 Å². The van der Waals surface area contributed by atoms with Gasteiger partial charge >= 0.3 is 0 Å². The maximum Gasteiger partial charge on any atom is 0.0369 e. The molecule has 0 aromatic heterocycles. The molecule has 0 saturated heterocycles. The summed E-state index contributed by atoms with van der Waals surface area (Å²) in [5.74, 6) is 0. The van der Waals surface area contributed by atoms with Gasteiger partial charge in [-0.1, -0.05) is 80.0 Å². The predicted octanol–water partition coefficient (Wildman–Crippen LogP) is 6.98. The van der Waals surface area contributed by atoms with Gasteiger partial charge in [-0.3, -0.25) is 0 Å². The highest BCUT2D eigenvalue weighted by atomic mass is 79.9. The molecular formula is C19H16Br2S. The van der Waals surface area contributed by atoms with Gasteiger partial charge in [0.1, 0.15) is 0 Å². The van der Waals surface area contributed by atoms with Crippen LogP contribution in [0.1, 0.15) is 17.5 Å². The lowest BCUT2D eigenvalue weighted by Crippen LogP contribution is -2.02. The molecule has 1 atom stereocenters. The molecule has 0 aliphatic heterocycles. The van der Waals surface area contributed by atoms with Crippen LogP contribution in [-0.2, 0) is 0 Å². The number of aryl methyl sites for hydroxylation is 1. The summed E-state index contributed by atoms with van der Waals surface area (Å²) in [4.78, 5) is 3.02. The number of rotatable bonds is 3. The Hall–Kier alpha value is -0.770. The normalized spacial score (nSPS) is 17.9. The summed E-state index contributed by atoms with van der Waals surface area (Å²) in [5.41, 5.74) is 3.92. The summed E-state index contributed by atoms with van der Waals surface area (Å²) in [5, 5.41) is 0. The first-order valence-corrected chi connectivity index (χ1v) is 9.72. The Morgan fingerprint density at radius 2 is 1.86 bits per heavy atom. The van der Waals surface area contributed by atoms with Gasteiger partial charge in [0.15, 0.2) is 0 Å². The minimum atomic E-state index is 0.404. The molecule has 1 aliphatic rings. The van der Waals surface area contributed by atoms with Gasteiger partial charge in [-0.2, -0.15) is 0 Å². The molecule has 1 aliphatic carbocycles. The minimum Gasteiger partial charge on any atom is -0.0898 e. The van der Waals surface area contributed by atoms with E-state index in [1.165, 1.54) is 26.5 Å². The second-order valence-corrected chi connectivity index (χ2v) is 8.48. The van der Waals surface area contributed by atoms with Crippen molar-refractivity contribution < 1.29 is 0 Å². The fourth-order valence-electron chi connectivity index (χ4n) is 2.48. The molecule has 22 heavy (non-hydrogen) atoms. The number of hydrogen-bond acceptors (Lipinski definition) is 1. The number of allylic oxidation sites excluding steroid dienone is 3. The zero-order chi connectivity index (χ0) is 15.5. The molecule has 0 nitrogen and oxygen atoms in total. The van der Waals surface area contributed by atoms with Crippen molar-refractivity contribution in [2.75, 3.05) is 0 Å². The van der Waals surface area contributed by atoms with Gasteiger partial charge in [-0.05, 0) is 54.3 Å². The number of thioether (sulfide) groups is 1. The molecule has 0 radical (unpaired) electrons. The van der Waals surface area contributed by atoms with E-state index in [0.29, 0.717) is 4.83 Å². The maximum atomic E-state index is 3.74. The first-order chi connectivity index (χ1) is 10.6. The van der Waals surface area contributed by atoms with E-state index in [2.05, 4.69) is 99.5 Å². The van der Waals surface area contributed by atoms with Crippen LogP contribution in [0.3, 0.4) is 0 Å². The number of benzene rings is 2. The van der Waals surface area contributed by atoms with Crippen molar-refractivity contribution >= 4 is 49.2 Å². The largest absolute Gasteiger partial charge is 0.0898 e. The van der Waals surface area contributed by atoms with E-state index in [0.717, 1.165) is 10.9 Å². The molecule has 2 aromatic carbocycles. The van der Waals surface area contributed by atoms with Crippen LogP contribution in [-0.4, -0.2) is 4.83 Å². The lowest BCUT2D eigenvalue weighted by molar-refractivity contribution is 1.07. The van der Waals surface area contributed by atoms with E-state index in [-0.39, 0.29) is 0 Å². The molecule has 3 rings (SSSR count). The van der Waals surface area contributed by atoms with Gasteiger partial charge in [0.2, 0.25) is 0 Å². The summed E-state index contributed by atoms with van der Waals surface area (Å²) in [7, 11) is 0. The summed E-state index contributed by atoms with van der Waals surface area (Å²) in [6.07, 6.45) is 5.71.